The molecule has 18 heavy (non-hydrogen) atoms. The van der Waals surface area contributed by atoms with E-state index in [0.717, 1.165) is 30.5 Å². The van der Waals surface area contributed by atoms with Crippen molar-refractivity contribution in [3.8, 4) is 0 Å². The van der Waals surface area contributed by atoms with Crippen LogP contribution in [-0.2, 0) is 22.3 Å². The number of nitrogens with zero attached hydrogens (tertiary/aromatic N) is 1. The standard InChI is InChI=1S/C13H20N2O2S/c1-14-9-11-3-5-12(6-4-11)10-18(16,17)15(2)13-7-8-13/h3-6,13-14H,7-10H2,1-2H3. The summed E-state index contributed by atoms with van der Waals surface area (Å²) in [7, 11) is 0.417. The van der Waals surface area contributed by atoms with Gasteiger partial charge in [0.15, 0.2) is 0 Å². The molecule has 0 saturated heterocycles. The topological polar surface area (TPSA) is 49.4 Å². The van der Waals surface area contributed by atoms with E-state index in [9.17, 15) is 8.42 Å². The Bertz CT molecular complexity index is 492. The van der Waals surface area contributed by atoms with Crippen LogP contribution in [0.25, 0.3) is 0 Å². The lowest BCUT2D eigenvalue weighted by atomic mass is 10.1. The van der Waals surface area contributed by atoms with Gasteiger partial charge in [0.2, 0.25) is 10.0 Å². The number of benzene rings is 1. The lowest BCUT2D eigenvalue weighted by molar-refractivity contribution is 0.463. The molecule has 100 valence electrons. The van der Waals surface area contributed by atoms with E-state index in [1.807, 2.05) is 31.3 Å². The molecular weight excluding hydrogens is 248 g/mol. The van der Waals surface area contributed by atoms with Gasteiger partial charge in [-0.2, -0.15) is 0 Å². The fourth-order valence-electron chi connectivity index (χ4n) is 1.94. The summed E-state index contributed by atoms with van der Waals surface area (Å²) < 4.78 is 25.7. The first-order valence-electron chi connectivity index (χ1n) is 6.21. The molecule has 1 N–H and O–H groups in total. The van der Waals surface area contributed by atoms with Crippen molar-refractivity contribution in [1.29, 1.82) is 0 Å². The third kappa shape index (κ3) is 3.31. The highest BCUT2D eigenvalue weighted by atomic mass is 32.2. The summed E-state index contributed by atoms with van der Waals surface area (Å²) in [5, 5.41) is 3.07. The highest BCUT2D eigenvalue weighted by molar-refractivity contribution is 7.88. The van der Waals surface area contributed by atoms with Gasteiger partial charge in [0.05, 0.1) is 5.75 Å². The van der Waals surface area contributed by atoms with Crippen molar-refractivity contribution in [3.63, 3.8) is 0 Å². The second-order valence-corrected chi connectivity index (χ2v) is 6.88. The largest absolute Gasteiger partial charge is 0.316 e. The number of rotatable bonds is 6. The molecule has 2 rings (SSSR count). The van der Waals surface area contributed by atoms with Crippen LogP contribution in [-0.4, -0.2) is 32.9 Å². The predicted octanol–water partition coefficient (Wildman–Crippen LogP) is 1.33. The molecule has 4 nitrogen and oxygen atoms in total. The molecule has 1 saturated carbocycles. The molecular formula is C13H20N2O2S. The van der Waals surface area contributed by atoms with Gasteiger partial charge in [0.25, 0.3) is 0 Å². The summed E-state index contributed by atoms with van der Waals surface area (Å²) in [6.07, 6.45) is 1.99. The van der Waals surface area contributed by atoms with Gasteiger partial charge in [-0.25, -0.2) is 12.7 Å². The monoisotopic (exact) mass is 268 g/mol. The van der Waals surface area contributed by atoms with Crippen molar-refractivity contribution in [2.45, 2.75) is 31.2 Å². The van der Waals surface area contributed by atoms with Gasteiger partial charge < -0.3 is 5.32 Å². The van der Waals surface area contributed by atoms with E-state index in [4.69, 9.17) is 0 Å². The van der Waals surface area contributed by atoms with Crippen molar-refractivity contribution in [3.05, 3.63) is 35.4 Å². The number of hydrogen-bond acceptors (Lipinski definition) is 3. The van der Waals surface area contributed by atoms with Gasteiger partial charge in [0.1, 0.15) is 0 Å². The zero-order chi connectivity index (χ0) is 13.2. The Hall–Kier alpha value is -0.910. The van der Waals surface area contributed by atoms with Crippen LogP contribution >= 0.6 is 0 Å². The van der Waals surface area contributed by atoms with E-state index >= 15 is 0 Å². The molecule has 5 heteroatoms. The molecule has 0 spiro atoms. The second kappa shape index (κ2) is 5.38. The van der Waals surface area contributed by atoms with E-state index in [0.29, 0.717) is 0 Å². The molecule has 1 aromatic rings. The Balaban J connectivity index is 2.04. The Morgan fingerprint density at radius 1 is 1.22 bits per heavy atom. The van der Waals surface area contributed by atoms with Crippen molar-refractivity contribution in [1.82, 2.24) is 9.62 Å². The normalized spacial score (nSPS) is 16.2. The van der Waals surface area contributed by atoms with Gasteiger partial charge in [0, 0.05) is 19.6 Å². The fourth-order valence-corrected chi connectivity index (χ4v) is 3.42. The van der Waals surface area contributed by atoms with Gasteiger partial charge >= 0.3 is 0 Å². The average Bonchev–Trinajstić information content (AvgIpc) is 3.15. The Morgan fingerprint density at radius 2 is 1.78 bits per heavy atom. The number of nitrogens with one attached hydrogen (secondary N) is 1. The van der Waals surface area contributed by atoms with Gasteiger partial charge in [-0.05, 0) is 31.0 Å². The lowest BCUT2D eigenvalue weighted by Crippen LogP contribution is -2.30. The summed E-state index contributed by atoms with van der Waals surface area (Å²) in [4.78, 5) is 0. The Morgan fingerprint density at radius 3 is 2.28 bits per heavy atom. The average molecular weight is 268 g/mol. The van der Waals surface area contributed by atoms with Gasteiger partial charge in [-0.3, -0.25) is 0 Å². The highest BCUT2D eigenvalue weighted by Gasteiger charge is 2.33. The van der Waals surface area contributed by atoms with E-state index in [2.05, 4.69) is 5.32 Å². The smallest absolute Gasteiger partial charge is 0.218 e. The molecule has 1 aliphatic rings. The minimum absolute atomic E-state index is 0.0971. The lowest BCUT2D eigenvalue weighted by Gasteiger charge is -2.16. The summed E-state index contributed by atoms with van der Waals surface area (Å²) in [6.45, 7) is 0.801. The Kier molecular flexibility index (Phi) is 4.04. The third-order valence-corrected chi connectivity index (χ3v) is 5.13. The molecule has 0 amide bonds. The zero-order valence-electron chi connectivity index (χ0n) is 10.9. The van der Waals surface area contributed by atoms with Crippen LogP contribution in [0.4, 0.5) is 0 Å². The maximum Gasteiger partial charge on any atom is 0.218 e. The minimum Gasteiger partial charge on any atom is -0.316 e. The maximum absolute atomic E-state index is 12.1. The van der Waals surface area contributed by atoms with E-state index in [-0.39, 0.29) is 11.8 Å². The fraction of sp³-hybridized carbons (Fsp3) is 0.538. The molecule has 0 aliphatic heterocycles. The molecule has 0 radical (unpaired) electrons. The molecule has 0 atom stereocenters. The first-order valence-corrected chi connectivity index (χ1v) is 7.82. The van der Waals surface area contributed by atoms with Gasteiger partial charge in [-0.15, -0.1) is 0 Å². The summed E-state index contributed by atoms with van der Waals surface area (Å²) >= 11 is 0. The molecule has 1 aliphatic carbocycles. The van der Waals surface area contributed by atoms with E-state index in [1.165, 1.54) is 4.31 Å². The van der Waals surface area contributed by atoms with Crippen LogP contribution < -0.4 is 5.32 Å². The quantitative estimate of drug-likeness (QED) is 0.847. The number of sulfonamides is 1. The van der Waals surface area contributed by atoms with Crippen LogP contribution in [0.15, 0.2) is 24.3 Å². The van der Waals surface area contributed by atoms with Crippen molar-refractivity contribution < 1.29 is 8.42 Å². The zero-order valence-corrected chi connectivity index (χ0v) is 11.7. The van der Waals surface area contributed by atoms with E-state index < -0.39 is 10.0 Å². The second-order valence-electron chi connectivity index (χ2n) is 4.85. The third-order valence-electron chi connectivity index (χ3n) is 3.25. The molecule has 1 aromatic carbocycles. The van der Waals surface area contributed by atoms with Crippen molar-refractivity contribution in [2.75, 3.05) is 14.1 Å². The summed E-state index contributed by atoms with van der Waals surface area (Å²) in [5.41, 5.74) is 2.01. The van der Waals surface area contributed by atoms with Crippen LogP contribution in [0.3, 0.4) is 0 Å². The molecule has 0 heterocycles. The molecule has 1 fully saturated rings. The molecule has 0 bridgehead atoms. The summed E-state index contributed by atoms with van der Waals surface area (Å²) in [6, 6.07) is 7.96. The maximum atomic E-state index is 12.1. The van der Waals surface area contributed by atoms with Gasteiger partial charge in [-0.1, -0.05) is 24.3 Å². The van der Waals surface area contributed by atoms with Crippen LogP contribution in [0.2, 0.25) is 0 Å². The highest BCUT2D eigenvalue weighted by Crippen LogP contribution is 2.28. The Labute approximate surface area is 109 Å². The van der Waals surface area contributed by atoms with Crippen molar-refractivity contribution in [2.24, 2.45) is 0 Å². The first-order chi connectivity index (χ1) is 8.53. The molecule has 0 aromatic heterocycles. The van der Waals surface area contributed by atoms with Crippen LogP contribution in [0, 0.1) is 0 Å². The minimum atomic E-state index is -3.16. The van der Waals surface area contributed by atoms with E-state index in [1.54, 1.807) is 7.05 Å². The summed E-state index contributed by atoms with van der Waals surface area (Å²) in [5.74, 6) is 0.0971. The first kappa shape index (κ1) is 13.5. The van der Waals surface area contributed by atoms with Crippen LogP contribution in [0.1, 0.15) is 24.0 Å². The van der Waals surface area contributed by atoms with Crippen LogP contribution in [0.5, 0.6) is 0 Å². The van der Waals surface area contributed by atoms with Crippen molar-refractivity contribution >= 4 is 10.0 Å². The number of hydrogen-bond donors (Lipinski definition) is 1. The SMILES string of the molecule is CNCc1ccc(CS(=O)(=O)N(C)C2CC2)cc1. The molecule has 0 unspecified atom stereocenters. The predicted molar refractivity (Wildman–Crippen MR) is 72.6 cm³/mol.